The molecular formula is C17H20N2O2S. The van der Waals surface area contributed by atoms with Crippen molar-refractivity contribution in [2.75, 3.05) is 26.6 Å². The first-order chi connectivity index (χ1) is 10.6. The van der Waals surface area contributed by atoms with Crippen LogP contribution in [-0.2, 0) is 6.54 Å². The fourth-order valence-corrected chi connectivity index (χ4v) is 2.18. The molecule has 0 aliphatic carbocycles. The number of benzene rings is 2. The second-order valence-electron chi connectivity index (χ2n) is 4.87. The highest BCUT2D eigenvalue weighted by Gasteiger charge is 2.06. The van der Waals surface area contributed by atoms with Gasteiger partial charge in [-0.15, -0.1) is 0 Å². The van der Waals surface area contributed by atoms with Gasteiger partial charge in [-0.3, -0.25) is 0 Å². The van der Waals surface area contributed by atoms with Crippen LogP contribution in [0.3, 0.4) is 0 Å². The van der Waals surface area contributed by atoms with Crippen molar-refractivity contribution in [2.45, 2.75) is 6.54 Å². The van der Waals surface area contributed by atoms with Gasteiger partial charge in [-0.05, 0) is 42.0 Å². The Bertz CT molecular complexity index is 629. The number of nitrogens with zero attached hydrogens (tertiary/aromatic N) is 1. The highest BCUT2D eigenvalue weighted by molar-refractivity contribution is 7.80. The van der Waals surface area contributed by atoms with Crippen LogP contribution in [0.4, 0.5) is 5.69 Å². The summed E-state index contributed by atoms with van der Waals surface area (Å²) >= 11 is 5.44. The van der Waals surface area contributed by atoms with Crippen molar-refractivity contribution in [2.24, 2.45) is 0 Å². The lowest BCUT2D eigenvalue weighted by Crippen LogP contribution is -2.30. The SMILES string of the molecule is COc1ccc(CN(C)C(=S)Nc2cccc(OC)c2)cc1. The van der Waals surface area contributed by atoms with E-state index in [4.69, 9.17) is 21.7 Å². The zero-order chi connectivity index (χ0) is 15.9. The molecule has 0 heterocycles. The van der Waals surface area contributed by atoms with E-state index >= 15 is 0 Å². The van der Waals surface area contributed by atoms with Gasteiger partial charge in [0.2, 0.25) is 0 Å². The van der Waals surface area contributed by atoms with Crippen molar-refractivity contribution in [3.05, 3.63) is 54.1 Å². The van der Waals surface area contributed by atoms with E-state index in [1.54, 1.807) is 14.2 Å². The number of anilines is 1. The van der Waals surface area contributed by atoms with E-state index in [1.807, 2.05) is 60.5 Å². The van der Waals surface area contributed by atoms with Gasteiger partial charge in [0.05, 0.1) is 14.2 Å². The van der Waals surface area contributed by atoms with Crippen LogP contribution in [-0.4, -0.2) is 31.3 Å². The third kappa shape index (κ3) is 4.36. The largest absolute Gasteiger partial charge is 0.497 e. The number of thiocarbonyl (C=S) groups is 1. The molecule has 0 aliphatic heterocycles. The fraction of sp³-hybridized carbons (Fsp3) is 0.235. The van der Waals surface area contributed by atoms with Crippen LogP contribution in [0.5, 0.6) is 11.5 Å². The molecule has 22 heavy (non-hydrogen) atoms. The first-order valence-corrected chi connectivity index (χ1v) is 7.32. The van der Waals surface area contributed by atoms with E-state index in [2.05, 4.69) is 5.32 Å². The Balaban J connectivity index is 1.96. The summed E-state index contributed by atoms with van der Waals surface area (Å²) in [4.78, 5) is 1.98. The van der Waals surface area contributed by atoms with Crippen LogP contribution < -0.4 is 14.8 Å². The maximum absolute atomic E-state index is 5.44. The van der Waals surface area contributed by atoms with Crippen LogP contribution in [0.25, 0.3) is 0 Å². The maximum Gasteiger partial charge on any atom is 0.173 e. The van der Waals surface area contributed by atoms with Crippen molar-refractivity contribution in [3.8, 4) is 11.5 Å². The lowest BCUT2D eigenvalue weighted by molar-refractivity contribution is 0.414. The Morgan fingerprint density at radius 1 is 1.05 bits per heavy atom. The summed E-state index contributed by atoms with van der Waals surface area (Å²) in [5.74, 6) is 1.65. The number of methoxy groups -OCH3 is 2. The molecule has 0 amide bonds. The zero-order valence-corrected chi connectivity index (χ0v) is 13.8. The minimum atomic E-state index is 0.657. The van der Waals surface area contributed by atoms with Gasteiger partial charge >= 0.3 is 0 Å². The van der Waals surface area contributed by atoms with Gasteiger partial charge in [0.1, 0.15) is 11.5 Å². The summed E-state index contributed by atoms with van der Waals surface area (Å²) in [7, 11) is 5.27. The van der Waals surface area contributed by atoms with Gasteiger partial charge < -0.3 is 19.7 Å². The summed E-state index contributed by atoms with van der Waals surface area (Å²) < 4.78 is 10.4. The Hall–Kier alpha value is -2.27. The van der Waals surface area contributed by atoms with E-state index in [0.717, 1.165) is 29.3 Å². The molecule has 0 unspecified atom stereocenters. The van der Waals surface area contributed by atoms with Crippen molar-refractivity contribution >= 4 is 23.0 Å². The predicted molar refractivity (Wildman–Crippen MR) is 93.7 cm³/mol. The lowest BCUT2D eigenvalue weighted by atomic mass is 10.2. The summed E-state index contributed by atoms with van der Waals surface area (Å²) in [6, 6.07) is 15.6. The molecule has 0 fully saturated rings. The predicted octanol–water partition coefficient (Wildman–Crippen LogP) is 3.53. The van der Waals surface area contributed by atoms with Crippen molar-refractivity contribution < 1.29 is 9.47 Å². The molecule has 2 aromatic rings. The van der Waals surface area contributed by atoms with Crippen LogP contribution in [0, 0.1) is 0 Å². The molecule has 4 nitrogen and oxygen atoms in total. The molecule has 0 aromatic heterocycles. The van der Waals surface area contributed by atoms with Crippen LogP contribution in [0.1, 0.15) is 5.56 Å². The van der Waals surface area contributed by atoms with E-state index in [0.29, 0.717) is 5.11 Å². The number of hydrogen-bond donors (Lipinski definition) is 1. The molecule has 0 saturated heterocycles. The van der Waals surface area contributed by atoms with Crippen LogP contribution in [0.2, 0.25) is 0 Å². The minimum Gasteiger partial charge on any atom is -0.497 e. The number of hydrogen-bond acceptors (Lipinski definition) is 3. The Morgan fingerprint density at radius 3 is 2.36 bits per heavy atom. The molecule has 5 heteroatoms. The van der Waals surface area contributed by atoms with Gasteiger partial charge in [0.15, 0.2) is 5.11 Å². The van der Waals surface area contributed by atoms with Crippen molar-refractivity contribution in [3.63, 3.8) is 0 Å². The summed E-state index contributed by atoms with van der Waals surface area (Å²) in [6.45, 7) is 0.722. The average molecular weight is 316 g/mol. The molecule has 0 saturated carbocycles. The summed E-state index contributed by atoms with van der Waals surface area (Å²) in [5, 5.41) is 3.87. The molecule has 0 radical (unpaired) electrons. The zero-order valence-electron chi connectivity index (χ0n) is 13.0. The number of rotatable bonds is 5. The van der Waals surface area contributed by atoms with Gasteiger partial charge in [-0.25, -0.2) is 0 Å². The van der Waals surface area contributed by atoms with Crippen molar-refractivity contribution in [1.82, 2.24) is 4.90 Å². The van der Waals surface area contributed by atoms with Gasteiger partial charge in [0, 0.05) is 25.3 Å². The summed E-state index contributed by atoms with van der Waals surface area (Å²) in [5.41, 5.74) is 2.07. The second-order valence-corrected chi connectivity index (χ2v) is 5.25. The first-order valence-electron chi connectivity index (χ1n) is 6.91. The molecule has 0 atom stereocenters. The molecular weight excluding hydrogens is 296 g/mol. The minimum absolute atomic E-state index is 0.657. The van der Waals surface area contributed by atoms with Gasteiger partial charge in [0.25, 0.3) is 0 Å². The van der Waals surface area contributed by atoms with Gasteiger partial charge in [-0.1, -0.05) is 18.2 Å². The summed E-state index contributed by atoms with van der Waals surface area (Å²) in [6.07, 6.45) is 0. The third-order valence-corrected chi connectivity index (χ3v) is 3.66. The first kappa shape index (κ1) is 16.1. The highest BCUT2D eigenvalue weighted by atomic mass is 32.1. The molecule has 0 aliphatic rings. The molecule has 0 spiro atoms. The van der Waals surface area contributed by atoms with Gasteiger partial charge in [-0.2, -0.15) is 0 Å². The van der Waals surface area contributed by atoms with E-state index in [-0.39, 0.29) is 0 Å². The normalized spacial score (nSPS) is 9.95. The standard InChI is InChI=1S/C17H20N2O2S/c1-19(12-13-7-9-15(20-2)10-8-13)17(22)18-14-5-4-6-16(11-14)21-3/h4-11H,12H2,1-3H3,(H,18,22). The highest BCUT2D eigenvalue weighted by Crippen LogP contribution is 2.18. The van der Waals surface area contributed by atoms with E-state index in [9.17, 15) is 0 Å². The number of ether oxygens (including phenoxy) is 2. The quantitative estimate of drug-likeness (QED) is 0.854. The smallest absolute Gasteiger partial charge is 0.173 e. The van der Waals surface area contributed by atoms with Crippen LogP contribution in [0.15, 0.2) is 48.5 Å². The fourth-order valence-electron chi connectivity index (χ4n) is 2.00. The Kier molecular flexibility index (Phi) is 5.61. The topological polar surface area (TPSA) is 33.7 Å². The number of nitrogens with one attached hydrogen (secondary N) is 1. The molecule has 1 N–H and O–H groups in total. The van der Waals surface area contributed by atoms with E-state index < -0.39 is 0 Å². The molecule has 116 valence electrons. The third-order valence-electron chi connectivity index (χ3n) is 3.25. The Morgan fingerprint density at radius 2 is 1.73 bits per heavy atom. The molecule has 2 aromatic carbocycles. The monoisotopic (exact) mass is 316 g/mol. The molecule has 2 rings (SSSR count). The Labute approximate surface area is 136 Å². The lowest BCUT2D eigenvalue weighted by Gasteiger charge is -2.21. The maximum atomic E-state index is 5.44. The van der Waals surface area contributed by atoms with E-state index in [1.165, 1.54) is 0 Å². The second kappa shape index (κ2) is 7.66. The molecule has 0 bridgehead atoms. The van der Waals surface area contributed by atoms with Crippen LogP contribution >= 0.6 is 12.2 Å². The van der Waals surface area contributed by atoms with Crippen molar-refractivity contribution in [1.29, 1.82) is 0 Å². The average Bonchev–Trinajstić information content (AvgIpc) is 2.55.